The first-order valence-corrected chi connectivity index (χ1v) is 10.4. The van der Waals surface area contributed by atoms with Crippen molar-refractivity contribution >= 4 is 13.3 Å². The van der Waals surface area contributed by atoms with E-state index >= 15 is 0 Å². The third kappa shape index (κ3) is 2.86. The molecule has 0 radical (unpaired) electrons. The molecule has 0 amide bonds. The molecule has 1 aliphatic rings. The highest BCUT2D eigenvalue weighted by Gasteiger charge is 2.41. The summed E-state index contributed by atoms with van der Waals surface area (Å²) in [4.78, 5) is 0. The smallest absolute Gasteiger partial charge is 0.0863 e. The molecule has 18 heavy (non-hydrogen) atoms. The van der Waals surface area contributed by atoms with Crippen molar-refractivity contribution in [2.24, 2.45) is 0 Å². The number of benzene rings is 1. The van der Waals surface area contributed by atoms with Crippen LogP contribution in [0.4, 0.5) is 0 Å². The maximum Gasteiger partial charge on any atom is 0.0863 e. The molecular weight excluding hydrogens is 236 g/mol. The second-order valence-corrected chi connectivity index (χ2v) is 10.8. The number of hydrogen-bond donors (Lipinski definition) is 0. The van der Waals surface area contributed by atoms with E-state index in [-0.39, 0.29) is 0 Å². The summed E-state index contributed by atoms with van der Waals surface area (Å²) in [6, 6.07) is 11.1. The van der Waals surface area contributed by atoms with E-state index in [1.54, 1.807) is 5.19 Å². The highest BCUT2D eigenvalue weighted by Crippen LogP contribution is 2.38. The molecule has 100 valence electrons. The van der Waals surface area contributed by atoms with Crippen LogP contribution in [0.2, 0.25) is 18.6 Å². The molecule has 0 spiro atoms. The second kappa shape index (κ2) is 6.03. The van der Waals surface area contributed by atoms with Gasteiger partial charge in [0.1, 0.15) is 0 Å². The van der Waals surface area contributed by atoms with Crippen molar-refractivity contribution in [3.8, 4) is 0 Å². The van der Waals surface area contributed by atoms with E-state index in [2.05, 4.69) is 50.3 Å². The van der Waals surface area contributed by atoms with Gasteiger partial charge >= 0.3 is 0 Å². The van der Waals surface area contributed by atoms with Gasteiger partial charge in [-0.15, -0.1) is 0 Å². The van der Waals surface area contributed by atoms with E-state index in [0.29, 0.717) is 6.10 Å². The number of unbranched alkanes of at least 4 members (excludes halogenated alkanes) is 1. The Hall–Kier alpha value is -0.603. The van der Waals surface area contributed by atoms with Gasteiger partial charge in [0.05, 0.1) is 14.2 Å². The summed E-state index contributed by atoms with van der Waals surface area (Å²) in [5, 5.41) is 1.59. The van der Waals surface area contributed by atoms with E-state index in [0.717, 1.165) is 12.1 Å². The van der Waals surface area contributed by atoms with E-state index in [1.165, 1.54) is 25.7 Å². The lowest BCUT2D eigenvalue weighted by atomic mass is 10.1. The van der Waals surface area contributed by atoms with Gasteiger partial charge in [0, 0.05) is 6.61 Å². The number of hydrogen-bond acceptors (Lipinski definition) is 1. The van der Waals surface area contributed by atoms with Gasteiger partial charge < -0.3 is 4.74 Å². The quantitative estimate of drug-likeness (QED) is 0.730. The summed E-state index contributed by atoms with van der Waals surface area (Å²) in [5.74, 6) is 0. The molecule has 1 aromatic rings. The van der Waals surface area contributed by atoms with Gasteiger partial charge in [-0.25, -0.2) is 0 Å². The van der Waals surface area contributed by atoms with Crippen LogP contribution in [0.5, 0.6) is 0 Å². The molecule has 1 aliphatic heterocycles. The summed E-state index contributed by atoms with van der Waals surface area (Å²) < 4.78 is 6.01. The van der Waals surface area contributed by atoms with Crippen LogP contribution >= 0.6 is 0 Å². The summed E-state index contributed by atoms with van der Waals surface area (Å²) >= 11 is 0. The standard InChI is InChI=1S/C16H26OSi/c1-4-5-11-15-16(12-13-17-15)18(2,3)14-9-7-6-8-10-14/h6-10,15-16H,4-5,11-13H2,1-3H3/t15-,16+/m1/s1. The Morgan fingerprint density at radius 3 is 2.61 bits per heavy atom. The van der Waals surface area contributed by atoms with Crippen LogP contribution in [-0.4, -0.2) is 20.8 Å². The van der Waals surface area contributed by atoms with Crippen LogP contribution in [0.25, 0.3) is 0 Å². The zero-order chi connectivity index (χ0) is 13.0. The van der Waals surface area contributed by atoms with Crippen molar-refractivity contribution in [1.82, 2.24) is 0 Å². The molecule has 0 aromatic heterocycles. The third-order valence-corrected chi connectivity index (χ3v) is 8.83. The fourth-order valence-electron chi connectivity index (χ4n) is 3.25. The van der Waals surface area contributed by atoms with E-state index in [4.69, 9.17) is 4.74 Å². The van der Waals surface area contributed by atoms with Gasteiger partial charge in [0.15, 0.2) is 0 Å². The molecule has 0 unspecified atom stereocenters. The lowest BCUT2D eigenvalue weighted by Crippen LogP contribution is -2.48. The normalized spacial score (nSPS) is 24.4. The Kier molecular flexibility index (Phi) is 4.63. The molecule has 1 nitrogen and oxygen atoms in total. The van der Waals surface area contributed by atoms with Crippen molar-refractivity contribution in [2.45, 2.75) is 57.3 Å². The maximum atomic E-state index is 6.01. The average Bonchev–Trinajstić information content (AvgIpc) is 2.86. The molecule has 0 bridgehead atoms. The number of ether oxygens (including phenoxy) is 1. The van der Waals surface area contributed by atoms with Crippen LogP contribution in [0.3, 0.4) is 0 Å². The lowest BCUT2D eigenvalue weighted by molar-refractivity contribution is 0.102. The minimum atomic E-state index is -1.38. The van der Waals surface area contributed by atoms with Crippen molar-refractivity contribution in [3.63, 3.8) is 0 Å². The van der Waals surface area contributed by atoms with Gasteiger partial charge in [0.2, 0.25) is 0 Å². The average molecular weight is 262 g/mol. The van der Waals surface area contributed by atoms with Crippen molar-refractivity contribution in [1.29, 1.82) is 0 Å². The second-order valence-electron chi connectivity index (χ2n) is 6.03. The van der Waals surface area contributed by atoms with Crippen LogP contribution in [0, 0.1) is 0 Å². The first-order chi connectivity index (χ1) is 8.66. The molecule has 1 fully saturated rings. The van der Waals surface area contributed by atoms with Crippen molar-refractivity contribution < 1.29 is 4.74 Å². The molecule has 2 rings (SSSR count). The third-order valence-electron chi connectivity index (χ3n) is 4.50. The van der Waals surface area contributed by atoms with E-state index in [1.807, 2.05) is 0 Å². The Bertz CT molecular complexity index is 361. The Morgan fingerprint density at radius 1 is 1.22 bits per heavy atom. The summed E-state index contributed by atoms with van der Waals surface area (Å²) in [7, 11) is -1.38. The van der Waals surface area contributed by atoms with Crippen molar-refractivity contribution in [3.05, 3.63) is 30.3 Å². The van der Waals surface area contributed by atoms with Crippen LogP contribution in [0.15, 0.2) is 30.3 Å². The molecule has 1 heterocycles. The largest absolute Gasteiger partial charge is 0.378 e. The molecule has 0 saturated carbocycles. The highest BCUT2D eigenvalue weighted by molar-refractivity contribution is 6.91. The minimum Gasteiger partial charge on any atom is -0.378 e. The SMILES string of the molecule is CCCC[C@H]1OCC[C@@H]1[Si](C)(C)c1ccccc1. The highest BCUT2D eigenvalue weighted by atomic mass is 28.3. The van der Waals surface area contributed by atoms with Crippen LogP contribution in [-0.2, 0) is 4.74 Å². The zero-order valence-electron chi connectivity index (χ0n) is 12.0. The molecule has 2 heteroatoms. The fraction of sp³-hybridized carbons (Fsp3) is 0.625. The van der Waals surface area contributed by atoms with Crippen LogP contribution in [0.1, 0.15) is 32.6 Å². The maximum absolute atomic E-state index is 6.01. The van der Waals surface area contributed by atoms with E-state index < -0.39 is 8.07 Å². The lowest BCUT2D eigenvalue weighted by Gasteiger charge is -2.33. The summed E-state index contributed by atoms with van der Waals surface area (Å²) in [6.45, 7) is 8.27. The van der Waals surface area contributed by atoms with Gasteiger partial charge in [-0.2, -0.15) is 0 Å². The van der Waals surface area contributed by atoms with E-state index in [9.17, 15) is 0 Å². The Morgan fingerprint density at radius 2 is 1.94 bits per heavy atom. The predicted octanol–water partition coefficient (Wildman–Crippen LogP) is 3.95. The molecule has 1 aromatic carbocycles. The molecule has 2 atom stereocenters. The Balaban J connectivity index is 2.13. The minimum absolute atomic E-state index is 0.520. The monoisotopic (exact) mass is 262 g/mol. The predicted molar refractivity (Wildman–Crippen MR) is 81.2 cm³/mol. The topological polar surface area (TPSA) is 9.23 Å². The van der Waals surface area contributed by atoms with Gasteiger partial charge in [0.25, 0.3) is 0 Å². The molecule has 0 N–H and O–H groups in total. The number of rotatable bonds is 5. The van der Waals surface area contributed by atoms with Gasteiger partial charge in [-0.05, 0) is 18.4 Å². The molecule has 0 aliphatic carbocycles. The first kappa shape index (κ1) is 13.8. The molecular formula is C16H26OSi. The van der Waals surface area contributed by atoms with Crippen molar-refractivity contribution in [2.75, 3.05) is 6.61 Å². The summed E-state index contributed by atoms with van der Waals surface area (Å²) in [6.07, 6.45) is 5.62. The zero-order valence-corrected chi connectivity index (χ0v) is 13.0. The van der Waals surface area contributed by atoms with Gasteiger partial charge in [-0.3, -0.25) is 0 Å². The first-order valence-electron chi connectivity index (χ1n) is 7.33. The molecule has 1 saturated heterocycles. The van der Waals surface area contributed by atoms with Gasteiger partial charge in [-0.1, -0.05) is 68.4 Å². The Labute approximate surface area is 113 Å². The van der Waals surface area contributed by atoms with Crippen LogP contribution < -0.4 is 5.19 Å². The fourth-order valence-corrected chi connectivity index (χ4v) is 6.76. The summed E-state index contributed by atoms with van der Waals surface area (Å²) in [5.41, 5.74) is 0.798.